The van der Waals surface area contributed by atoms with Crippen LogP contribution in [0, 0.1) is 12.7 Å². The van der Waals surface area contributed by atoms with Gasteiger partial charge in [-0.2, -0.15) is 0 Å². The van der Waals surface area contributed by atoms with Crippen LogP contribution >= 0.6 is 12.4 Å². The molecule has 4 nitrogen and oxygen atoms in total. The van der Waals surface area contributed by atoms with Crippen molar-refractivity contribution in [2.75, 3.05) is 13.1 Å². The highest BCUT2D eigenvalue weighted by molar-refractivity contribution is 7.89. The van der Waals surface area contributed by atoms with Gasteiger partial charge in [0, 0.05) is 18.2 Å². The van der Waals surface area contributed by atoms with Crippen LogP contribution in [0.1, 0.15) is 22.7 Å². The molecule has 130 valence electrons. The topological polar surface area (TPSA) is 58.2 Å². The highest BCUT2D eigenvalue weighted by Gasteiger charge is 2.23. The maximum atomic E-state index is 13.6. The second-order valence-electron chi connectivity index (χ2n) is 5.67. The molecule has 3 rings (SSSR count). The first-order chi connectivity index (χ1) is 11.0. The van der Waals surface area contributed by atoms with Gasteiger partial charge in [-0.3, -0.25) is 0 Å². The lowest BCUT2D eigenvalue weighted by Gasteiger charge is -2.27. The first-order valence-corrected chi connectivity index (χ1v) is 9.03. The maximum absolute atomic E-state index is 13.6. The summed E-state index contributed by atoms with van der Waals surface area (Å²) in [7, 11) is -3.75. The van der Waals surface area contributed by atoms with E-state index in [-0.39, 0.29) is 35.5 Å². The second-order valence-corrected chi connectivity index (χ2v) is 7.41. The van der Waals surface area contributed by atoms with E-state index in [4.69, 9.17) is 0 Å². The predicted octanol–water partition coefficient (Wildman–Crippen LogP) is 2.72. The Bertz CT molecular complexity index is 827. The van der Waals surface area contributed by atoms with Gasteiger partial charge in [-0.1, -0.05) is 30.3 Å². The summed E-state index contributed by atoms with van der Waals surface area (Å²) >= 11 is 0. The van der Waals surface area contributed by atoms with E-state index in [9.17, 15) is 12.8 Å². The monoisotopic (exact) mass is 370 g/mol. The van der Waals surface area contributed by atoms with Crippen molar-refractivity contribution in [1.29, 1.82) is 0 Å². The fraction of sp³-hybridized carbons (Fsp3) is 0.294. The Morgan fingerprint density at radius 3 is 2.75 bits per heavy atom. The lowest BCUT2D eigenvalue weighted by molar-refractivity contribution is 0.491. The first-order valence-electron chi connectivity index (χ1n) is 7.55. The van der Waals surface area contributed by atoms with Crippen LogP contribution < -0.4 is 10.0 Å². The van der Waals surface area contributed by atoms with E-state index in [0.717, 1.165) is 18.5 Å². The Kier molecular flexibility index (Phi) is 5.98. The zero-order chi connectivity index (χ0) is 16.4. The molecule has 0 bridgehead atoms. The number of sulfonamides is 1. The third-order valence-corrected chi connectivity index (χ3v) is 5.77. The van der Waals surface area contributed by atoms with Crippen LogP contribution in [-0.4, -0.2) is 21.5 Å². The van der Waals surface area contributed by atoms with Crippen molar-refractivity contribution in [3.8, 4) is 0 Å². The Labute approximate surface area is 147 Å². The number of hydrogen-bond donors (Lipinski definition) is 2. The van der Waals surface area contributed by atoms with Crippen LogP contribution in [0.2, 0.25) is 0 Å². The molecule has 0 saturated carbocycles. The van der Waals surface area contributed by atoms with Gasteiger partial charge >= 0.3 is 0 Å². The van der Waals surface area contributed by atoms with Crippen molar-refractivity contribution in [3.63, 3.8) is 0 Å². The fourth-order valence-corrected chi connectivity index (χ4v) is 4.22. The van der Waals surface area contributed by atoms with E-state index >= 15 is 0 Å². The summed E-state index contributed by atoms with van der Waals surface area (Å²) in [4.78, 5) is -0.0124. The number of rotatable bonds is 4. The standard InChI is InChI=1S/C17H19FN2O2S.ClH/c1-12-15(18)7-4-8-17(12)23(21,22)20-11-16-14-6-3-2-5-13(14)9-10-19-16;/h2-8,16,19-20H,9-11H2,1H3;1H. The average molecular weight is 371 g/mol. The number of halogens is 2. The summed E-state index contributed by atoms with van der Waals surface area (Å²) < 4.78 is 41.1. The van der Waals surface area contributed by atoms with Gasteiger partial charge < -0.3 is 5.32 Å². The SMILES string of the molecule is Cc1c(F)cccc1S(=O)(=O)NCC1NCCc2ccccc21.Cl. The van der Waals surface area contributed by atoms with Gasteiger partial charge in [0.25, 0.3) is 0 Å². The predicted molar refractivity (Wildman–Crippen MR) is 94.5 cm³/mol. The lowest BCUT2D eigenvalue weighted by atomic mass is 9.95. The van der Waals surface area contributed by atoms with Gasteiger partial charge in [0.05, 0.1) is 4.90 Å². The summed E-state index contributed by atoms with van der Waals surface area (Å²) in [5.41, 5.74) is 2.48. The summed E-state index contributed by atoms with van der Waals surface area (Å²) in [5.74, 6) is -0.519. The molecule has 0 saturated heterocycles. The maximum Gasteiger partial charge on any atom is 0.240 e. The molecule has 0 radical (unpaired) electrons. The summed E-state index contributed by atoms with van der Waals surface area (Å²) in [6.07, 6.45) is 0.933. The van der Waals surface area contributed by atoms with Gasteiger partial charge in [-0.15, -0.1) is 12.4 Å². The molecule has 2 aromatic rings. The van der Waals surface area contributed by atoms with E-state index in [1.54, 1.807) is 0 Å². The molecule has 2 aromatic carbocycles. The number of hydrogen-bond acceptors (Lipinski definition) is 3. The van der Waals surface area contributed by atoms with Crippen molar-refractivity contribution < 1.29 is 12.8 Å². The zero-order valence-corrected chi connectivity index (χ0v) is 14.9. The molecule has 1 heterocycles. The van der Waals surface area contributed by atoms with E-state index < -0.39 is 15.8 Å². The van der Waals surface area contributed by atoms with Gasteiger partial charge in [0.2, 0.25) is 10.0 Å². The van der Waals surface area contributed by atoms with Gasteiger partial charge in [-0.05, 0) is 43.1 Å². The number of fused-ring (bicyclic) bond motifs is 1. The largest absolute Gasteiger partial charge is 0.308 e. The number of nitrogens with one attached hydrogen (secondary N) is 2. The van der Waals surface area contributed by atoms with Crippen molar-refractivity contribution in [3.05, 3.63) is 65.0 Å². The molecule has 0 spiro atoms. The molecule has 1 aliphatic rings. The smallest absolute Gasteiger partial charge is 0.240 e. The minimum atomic E-state index is -3.75. The third kappa shape index (κ3) is 3.78. The molecule has 0 amide bonds. The highest BCUT2D eigenvalue weighted by Crippen LogP contribution is 2.23. The van der Waals surface area contributed by atoms with Crippen LogP contribution in [0.5, 0.6) is 0 Å². The van der Waals surface area contributed by atoms with Crippen LogP contribution in [-0.2, 0) is 16.4 Å². The molecular weight excluding hydrogens is 351 g/mol. The molecule has 1 aliphatic heterocycles. The quantitative estimate of drug-likeness (QED) is 0.870. The van der Waals surface area contributed by atoms with Crippen LogP contribution in [0.15, 0.2) is 47.4 Å². The highest BCUT2D eigenvalue weighted by atomic mass is 35.5. The molecule has 0 fully saturated rings. The van der Waals surface area contributed by atoms with Gasteiger partial charge in [0.1, 0.15) is 5.82 Å². The zero-order valence-electron chi connectivity index (χ0n) is 13.3. The van der Waals surface area contributed by atoms with E-state index in [1.165, 1.54) is 30.7 Å². The van der Waals surface area contributed by atoms with E-state index in [0.29, 0.717) is 0 Å². The Hall–Kier alpha value is -1.47. The molecule has 24 heavy (non-hydrogen) atoms. The first kappa shape index (κ1) is 18.9. The van der Waals surface area contributed by atoms with Crippen molar-refractivity contribution in [2.24, 2.45) is 0 Å². The van der Waals surface area contributed by atoms with Gasteiger partial charge in [0.15, 0.2) is 0 Å². The minimum Gasteiger partial charge on any atom is -0.308 e. The van der Waals surface area contributed by atoms with Crippen LogP contribution in [0.25, 0.3) is 0 Å². The Morgan fingerprint density at radius 2 is 1.96 bits per heavy atom. The van der Waals surface area contributed by atoms with E-state index in [2.05, 4.69) is 16.1 Å². The molecule has 2 N–H and O–H groups in total. The van der Waals surface area contributed by atoms with Gasteiger partial charge in [-0.25, -0.2) is 17.5 Å². The second kappa shape index (κ2) is 7.61. The Balaban J connectivity index is 0.00000208. The molecular formula is C17H20ClFN2O2S. The van der Waals surface area contributed by atoms with Crippen molar-refractivity contribution in [1.82, 2.24) is 10.0 Å². The summed E-state index contributed by atoms with van der Waals surface area (Å²) in [6.45, 7) is 2.51. The lowest BCUT2D eigenvalue weighted by Crippen LogP contribution is -2.39. The van der Waals surface area contributed by atoms with Crippen molar-refractivity contribution in [2.45, 2.75) is 24.3 Å². The number of benzene rings is 2. The summed E-state index contributed by atoms with van der Waals surface area (Å²) in [5, 5.41) is 3.32. The van der Waals surface area contributed by atoms with Crippen LogP contribution in [0.3, 0.4) is 0 Å². The van der Waals surface area contributed by atoms with E-state index in [1.807, 2.05) is 18.2 Å². The molecule has 0 aliphatic carbocycles. The van der Waals surface area contributed by atoms with Crippen LogP contribution in [0.4, 0.5) is 4.39 Å². The molecule has 7 heteroatoms. The fourth-order valence-electron chi connectivity index (χ4n) is 2.92. The molecule has 0 aromatic heterocycles. The molecule has 1 atom stereocenters. The normalized spacial score (nSPS) is 17.0. The Morgan fingerprint density at radius 1 is 1.21 bits per heavy atom. The average Bonchev–Trinajstić information content (AvgIpc) is 2.55. The third-order valence-electron chi connectivity index (χ3n) is 4.20. The summed E-state index contributed by atoms with van der Waals surface area (Å²) in [6, 6.07) is 12.0. The molecule has 1 unspecified atom stereocenters. The minimum absolute atomic E-state index is 0. The van der Waals surface area contributed by atoms with Crippen molar-refractivity contribution >= 4 is 22.4 Å².